The molecule has 98 valence electrons. The van der Waals surface area contributed by atoms with Gasteiger partial charge >= 0.3 is 0 Å². The predicted molar refractivity (Wildman–Crippen MR) is 75.2 cm³/mol. The van der Waals surface area contributed by atoms with Gasteiger partial charge in [0.15, 0.2) is 11.5 Å². The molecule has 0 aromatic carbocycles. The van der Waals surface area contributed by atoms with E-state index in [2.05, 4.69) is 20.1 Å². The number of aryl methyl sites for hydroxylation is 2. The van der Waals surface area contributed by atoms with E-state index in [1.165, 1.54) is 0 Å². The van der Waals surface area contributed by atoms with Crippen LogP contribution >= 0.6 is 0 Å². The number of anilines is 1. The molecular weight excluding hydrogens is 240 g/mol. The molecule has 0 saturated heterocycles. The van der Waals surface area contributed by atoms with Crippen molar-refractivity contribution in [1.82, 2.24) is 24.7 Å². The number of imidazole rings is 1. The minimum atomic E-state index is 0.722. The summed E-state index contributed by atoms with van der Waals surface area (Å²) in [7, 11) is 5.84. The van der Waals surface area contributed by atoms with Crippen LogP contribution in [-0.2, 0) is 7.05 Å². The molecule has 0 bridgehead atoms. The van der Waals surface area contributed by atoms with Crippen LogP contribution in [0.2, 0.25) is 0 Å². The molecule has 0 radical (unpaired) electrons. The first-order chi connectivity index (χ1) is 9.04. The van der Waals surface area contributed by atoms with Crippen LogP contribution < -0.4 is 4.90 Å². The molecule has 1 N–H and O–H groups in total. The Morgan fingerprint density at radius 2 is 2.00 bits per heavy atom. The largest absolute Gasteiger partial charge is 0.363 e. The van der Waals surface area contributed by atoms with Crippen LogP contribution in [0.5, 0.6) is 0 Å². The Kier molecular flexibility index (Phi) is 2.51. The number of nitrogens with one attached hydrogen (secondary N) is 1. The van der Waals surface area contributed by atoms with Crippen LogP contribution in [0.15, 0.2) is 18.2 Å². The van der Waals surface area contributed by atoms with Gasteiger partial charge in [-0.3, -0.25) is 4.68 Å². The van der Waals surface area contributed by atoms with Crippen molar-refractivity contribution in [3.63, 3.8) is 0 Å². The zero-order chi connectivity index (χ0) is 13.6. The van der Waals surface area contributed by atoms with Crippen molar-refractivity contribution < 1.29 is 0 Å². The molecule has 0 aliphatic carbocycles. The Bertz CT molecular complexity index is 737. The third kappa shape index (κ3) is 1.95. The van der Waals surface area contributed by atoms with Gasteiger partial charge in [0.25, 0.3) is 0 Å². The highest BCUT2D eigenvalue weighted by Gasteiger charge is 2.11. The number of hydrogen-bond donors (Lipinski definition) is 1. The topological polar surface area (TPSA) is 62.6 Å². The number of aromatic nitrogens is 5. The first kappa shape index (κ1) is 11.7. The SMILES string of the molecule is Cc1cc(-c2nc3nc(N(C)C)ccc3[nH]2)n(C)n1. The molecule has 3 aromatic heterocycles. The summed E-state index contributed by atoms with van der Waals surface area (Å²) in [5, 5.41) is 4.33. The second-order valence-corrected chi connectivity index (χ2v) is 4.82. The van der Waals surface area contributed by atoms with E-state index in [-0.39, 0.29) is 0 Å². The van der Waals surface area contributed by atoms with Crippen molar-refractivity contribution in [2.24, 2.45) is 7.05 Å². The van der Waals surface area contributed by atoms with Gasteiger partial charge in [-0.25, -0.2) is 9.97 Å². The van der Waals surface area contributed by atoms with Gasteiger partial charge in [-0.2, -0.15) is 5.10 Å². The number of pyridine rings is 1. The summed E-state index contributed by atoms with van der Waals surface area (Å²) in [4.78, 5) is 14.3. The normalized spacial score (nSPS) is 11.2. The number of fused-ring (bicyclic) bond motifs is 1. The van der Waals surface area contributed by atoms with Gasteiger partial charge < -0.3 is 9.88 Å². The minimum absolute atomic E-state index is 0.722. The maximum Gasteiger partial charge on any atom is 0.180 e. The van der Waals surface area contributed by atoms with Gasteiger partial charge in [0.05, 0.1) is 11.2 Å². The van der Waals surface area contributed by atoms with Crippen LogP contribution in [0.4, 0.5) is 5.82 Å². The average molecular weight is 256 g/mol. The van der Waals surface area contributed by atoms with Crippen LogP contribution in [0.25, 0.3) is 22.7 Å². The van der Waals surface area contributed by atoms with E-state index < -0.39 is 0 Å². The Balaban J connectivity index is 2.14. The molecule has 3 heterocycles. The lowest BCUT2D eigenvalue weighted by Crippen LogP contribution is -2.10. The lowest BCUT2D eigenvalue weighted by molar-refractivity contribution is 0.760. The van der Waals surface area contributed by atoms with Gasteiger partial charge in [0, 0.05) is 21.1 Å². The highest BCUT2D eigenvalue weighted by molar-refractivity contribution is 5.77. The van der Waals surface area contributed by atoms with E-state index >= 15 is 0 Å². The first-order valence-electron chi connectivity index (χ1n) is 6.09. The van der Waals surface area contributed by atoms with E-state index in [1.807, 2.05) is 55.8 Å². The summed E-state index contributed by atoms with van der Waals surface area (Å²) in [5.41, 5.74) is 3.58. The molecule has 19 heavy (non-hydrogen) atoms. The van der Waals surface area contributed by atoms with Crippen LogP contribution in [0.3, 0.4) is 0 Å². The lowest BCUT2D eigenvalue weighted by atomic mass is 10.3. The second kappa shape index (κ2) is 4.08. The Labute approximate surface area is 111 Å². The van der Waals surface area contributed by atoms with Gasteiger partial charge in [0.1, 0.15) is 11.5 Å². The van der Waals surface area contributed by atoms with E-state index in [0.717, 1.165) is 34.2 Å². The molecular formula is C13H16N6. The molecule has 0 aliphatic rings. The molecule has 6 heteroatoms. The molecule has 3 aromatic rings. The fraction of sp³-hybridized carbons (Fsp3) is 0.308. The molecule has 6 nitrogen and oxygen atoms in total. The van der Waals surface area contributed by atoms with Crippen LogP contribution in [-0.4, -0.2) is 38.8 Å². The van der Waals surface area contributed by atoms with Gasteiger partial charge in [-0.05, 0) is 25.1 Å². The molecule has 0 unspecified atom stereocenters. The van der Waals surface area contributed by atoms with E-state index in [1.54, 1.807) is 0 Å². The number of H-pyrrole nitrogens is 1. The summed E-state index contributed by atoms with van der Waals surface area (Å²) >= 11 is 0. The van der Waals surface area contributed by atoms with Gasteiger partial charge in [-0.1, -0.05) is 0 Å². The van der Waals surface area contributed by atoms with E-state index in [4.69, 9.17) is 0 Å². The molecule has 0 amide bonds. The maximum absolute atomic E-state index is 4.55. The number of hydrogen-bond acceptors (Lipinski definition) is 4. The van der Waals surface area contributed by atoms with E-state index in [9.17, 15) is 0 Å². The average Bonchev–Trinajstić information content (AvgIpc) is 2.90. The zero-order valence-electron chi connectivity index (χ0n) is 11.5. The maximum atomic E-state index is 4.55. The minimum Gasteiger partial charge on any atom is -0.363 e. The van der Waals surface area contributed by atoms with Crippen LogP contribution in [0.1, 0.15) is 5.69 Å². The second-order valence-electron chi connectivity index (χ2n) is 4.82. The van der Waals surface area contributed by atoms with Crippen molar-refractivity contribution in [1.29, 1.82) is 0 Å². The molecule has 0 aliphatic heterocycles. The zero-order valence-corrected chi connectivity index (χ0v) is 11.5. The summed E-state index contributed by atoms with van der Waals surface area (Å²) in [5.74, 6) is 1.69. The molecule has 0 saturated carbocycles. The van der Waals surface area contributed by atoms with Crippen molar-refractivity contribution in [2.75, 3.05) is 19.0 Å². The third-order valence-corrected chi connectivity index (χ3v) is 3.03. The predicted octanol–water partition coefficient (Wildman–Crippen LogP) is 1.73. The number of rotatable bonds is 2. The summed E-state index contributed by atoms with van der Waals surface area (Å²) in [6.07, 6.45) is 0. The van der Waals surface area contributed by atoms with Gasteiger partial charge in [0.2, 0.25) is 0 Å². The fourth-order valence-corrected chi connectivity index (χ4v) is 2.09. The van der Waals surface area contributed by atoms with E-state index in [0.29, 0.717) is 0 Å². The summed E-state index contributed by atoms with van der Waals surface area (Å²) in [6.45, 7) is 1.97. The highest BCUT2D eigenvalue weighted by Crippen LogP contribution is 2.21. The molecule has 0 spiro atoms. The third-order valence-electron chi connectivity index (χ3n) is 3.03. The van der Waals surface area contributed by atoms with Gasteiger partial charge in [-0.15, -0.1) is 0 Å². The van der Waals surface area contributed by atoms with Crippen LogP contribution in [0, 0.1) is 6.92 Å². The number of aromatic amines is 1. The quantitative estimate of drug-likeness (QED) is 0.758. The Morgan fingerprint density at radius 1 is 1.21 bits per heavy atom. The molecule has 3 rings (SSSR count). The van der Waals surface area contributed by atoms with Crippen molar-refractivity contribution in [3.8, 4) is 11.5 Å². The summed E-state index contributed by atoms with van der Waals surface area (Å²) in [6, 6.07) is 5.97. The smallest absolute Gasteiger partial charge is 0.180 e. The van der Waals surface area contributed by atoms with Crippen molar-refractivity contribution >= 4 is 17.0 Å². The Morgan fingerprint density at radius 3 is 2.63 bits per heavy atom. The fourth-order valence-electron chi connectivity index (χ4n) is 2.09. The monoisotopic (exact) mass is 256 g/mol. The van der Waals surface area contributed by atoms with Crippen molar-refractivity contribution in [2.45, 2.75) is 6.92 Å². The highest BCUT2D eigenvalue weighted by atomic mass is 15.3. The lowest BCUT2D eigenvalue weighted by Gasteiger charge is -2.09. The number of nitrogens with zero attached hydrogens (tertiary/aromatic N) is 5. The standard InChI is InChI=1S/C13H16N6/c1-8-7-10(19(4)17-8)13-14-9-5-6-11(18(2)3)15-12(9)16-13/h5-7H,1-4H3,(H,14,15,16). The molecule has 0 atom stereocenters. The molecule has 0 fully saturated rings. The Hall–Kier alpha value is -2.37. The van der Waals surface area contributed by atoms with Crippen molar-refractivity contribution in [3.05, 3.63) is 23.9 Å². The summed E-state index contributed by atoms with van der Waals surface area (Å²) < 4.78 is 1.82. The first-order valence-corrected chi connectivity index (χ1v) is 6.09.